The van der Waals surface area contributed by atoms with Crippen molar-refractivity contribution >= 4 is 0 Å². The van der Waals surface area contributed by atoms with Crippen LogP contribution in [0.3, 0.4) is 0 Å². The van der Waals surface area contributed by atoms with Gasteiger partial charge in [-0.2, -0.15) is 0 Å². The van der Waals surface area contributed by atoms with Crippen LogP contribution in [0.1, 0.15) is 71.6 Å². The molecule has 0 aromatic carbocycles. The molecule has 1 saturated heterocycles. The minimum atomic E-state index is 0.0474. The Morgan fingerprint density at radius 3 is 2.48 bits per heavy atom. The van der Waals surface area contributed by atoms with Crippen LogP contribution >= 0.6 is 0 Å². The quantitative estimate of drug-likeness (QED) is 0.723. The summed E-state index contributed by atoms with van der Waals surface area (Å²) in [7, 11) is 0. The Morgan fingerprint density at radius 1 is 1.14 bits per heavy atom. The van der Waals surface area contributed by atoms with Crippen molar-refractivity contribution in [1.29, 1.82) is 0 Å². The maximum Gasteiger partial charge on any atom is 0.0838 e. The van der Waals surface area contributed by atoms with Crippen molar-refractivity contribution in [3.63, 3.8) is 0 Å². The zero-order chi connectivity index (χ0) is 15.0. The van der Waals surface area contributed by atoms with Gasteiger partial charge >= 0.3 is 0 Å². The van der Waals surface area contributed by atoms with Gasteiger partial charge in [0.15, 0.2) is 0 Å². The average molecular weight is 297 g/mol. The number of ether oxygens (including phenoxy) is 2. The van der Waals surface area contributed by atoms with E-state index in [1.165, 1.54) is 57.8 Å². The molecule has 2 atom stereocenters. The topological polar surface area (TPSA) is 30.5 Å². The molecule has 3 heteroatoms. The fourth-order valence-electron chi connectivity index (χ4n) is 4.27. The van der Waals surface area contributed by atoms with Crippen LogP contribution in [-0.2, 0) is 9.47 Å². The molecule has 21 heavy (non-hydrogen) atoms. The van der Waals surface area contributed by atoms with E-state index in [2.05, 4.69) is 19.2 Å². The Bertz CT molecular complexity index is 268. The van der Waals surface area contributed by atoms with Crippen LogP contribution in [0.5, 0.6) is 0 Å². The first-order valence-corrected chi connectivity index (χ1v) is 9.27. The van der Waals surface area contributed by atoms with E-state index < -0.39 is 0 Å². The van der Waals surface area contributed by atoms with Gasteiger partial charge in [-0.15, -0.1) is 0 Å². The Hall–Kier alpha value is -0.120. The highest BCUT2D eigenvalue weighted by molar-refractivity contribution is 4.98. The number of rotatable bonds is 7. The van der Waals surface area contributed by atoms with Gasteiger partial charge in [0.05, 0.1) is 12.2 Å². The monoisotopic (exact) mass is 297 g/mol. The van der Waals surface area contributed by atoms with Gasteiger partial charge in [-0.1, -0.05) is 32.6 Å². The molecule has 1 aliphatic carbocycles. The standard InChI is InChI=1S/C18H35NO2/c1-3-13-19-17(16-10-9-14-20-15-16)18(21-4-2)11-7-5-6-8-12-18/h16-17,19H,3-15H2,1-2H3. The average Bonchev–Trinajstić information content (AvgIpc) is 2.76. The molecule has 3 nitrogen and oxygen atoms in total. The lowest BCUT2D eigenvalue weighted by Crippen LogP contribution is -2.58. The van der Waals surface area contributed by atoms with E-state index in [1.54, 1.807) is 0 Å². The van der Waals surface area contributed by atoms with Crippen LogP contribution in [0, 0.1) is 5.92 Å². The fraction of sp³-hybridized carbons (Fsp3) is 1.00. The van der Waals surface area contributed by atoms with E-state index in [0.717, 1.165) is 26.4 Å². The summed E-state index contributed by atoms with van der Waals surface area (Å²) in [5.74, 6) is 0.620. The molecule has 0 amide bonds. The van der Waals surface area contributed by atoms with Crippen molar-refractivity contribution < 1.29 is 9.47 Å². The fourth-order valence-corrected chi connectivity index (χ4v) is 4.27. The van der Waals surface area contributed by atoms with Crippen LogP contribution in [-0.4, -0.2) is 38.0 Å². The van der Waals surface area contributed by atoms with Gasteiger partial charge in [0.1, 0.15) is 0 Å². The van der Waals surface area contributed by atoms with Crippen molar-refractivity contribution in [3.8, 4) is 0 Å². The smallest absolute Gasteiger partial charge is 0.0838 e. The third-order valence-corrected chi connectivity index (χ3v) is 5.23. The summed E-state index contributed by atoms with van der Waals surface area (Å²) in [5.41, 5.74) is 0.0474. The maximum absolute atomic E-state index is 6.44. The summed E-state index contributed by atoms with van der Waals surface area (Å²) in [6.45, 7) is 8.19. The molecule has 0 radical (unpaired) electrons. The van der Waals surface area contributed by atoms with Crippen LogP contribution in [0.2, 0.25) is 0 Å². The molecule has 2 unspecified atom stereocenters. The number of hydrogen-bond donors (Lipinski definition) is 1. The highest BCUT2D eigenvalue weighted by Crippen LogP contribution is 2.38. The molecule has 1 heterocycles. The molecule has 1 N–H and O–H groups in total. The summed E-state index contributed by atoms with van der Waals surface area (Å²) in [6.07, 6.45) is 11.5. The largest absolute Gasteiger partial charge is 0.381 e. The molecule has 124 valence electrons. The maximum atomic E-state index is 6.44. The summed E-state index contributed by atoms with van der Waals surface area (Å²) < 4.78 is 12.2. The zero-order valence-corrected chi connectivity index (χ0v) is 14.2. The molecule has 2 fully saturated rings. The van der Waals surface area contributed by atoms with Gasteiger partial charge in [-0.3, -0.25) is 0 Å². The van der Waals surface area contributed by atoms with Gasteiger partial charge in [0, 0.05) is 25.2 Å². The predicted octanol–water partition coefficient (Wildman–Crippen LogP) is 3.91. The lowest BCUT2D eigenvalue weighted by molar-refractivity contribution is -0.105. The zero-order valence-electron chi connectivity index (χ0n) is 14.2. The lowest BCUT2D eigenvalue weighted by atomic mass is 9.77. The minimum Gasteiger partial charge on any atom is -0.381 e. The van der Waals surface area contributed by atoms with Gasteiger partial charge in [0.25, 0.3) is 0 Å². The Kier molecular flexibility index (Phi) is 7.48. The molecule has 0 bridgehead atoms. The molecular formula is C18H35NO2. The van der Waals surface area contributed by atoms with E-state index in [9.17, 15) is 0 Å². The van der Waals surface area contributed by atoms with Crippen molar-refractivity contribution in [2.45, 2.75) is 83.3 Å². The Balaban J connectivity index is 2.15. The van der Waals surface area contributed by atoms with Crippen molar-refractivity contribution in [3.05, 3.63) is 0 Å². The van der Waals surface area contributed by atoms with E-state index in [-0.39, 0.29) is 5.60 Å². The molecule has 0 spiro atoms. The lowest BCUT2D eigenvalue weighted by Gasteiger charge is -2.45. The molecule has 0 aromatic heterocycles. The predicted molar refractivity (Wildman–Crippen MR) is 87.7 cm³/mol. The Labute approximate surface area is 131 Å². The van der Waals surface area contributed by atoms with Gasteiger partial charge in [0.2, 0.25) is 0 Å². The summed E-state index contributed by atoms with van der Waals surface area (Å²) in [6, 6.07) is 0.468. The van der Waals surface area contributed by atoms with E-state index in [1.807, 2.05) is 0 Å². The van der Waals surface area contributed by atoms with Crippen LogP contribution in [0.25, 0.3) is 0 Å². The molecule has 0 aromatic rings. The summed E-state index contributed by atoms with van der Waals surface area (Å²) in [4.78, 5) is 0. The minimum absolute atomic E-state index is 0.0474. The SMILES string of the molecule is CCCNC(C1CCCOC1)C1(OCC)CCCCCC1. The van der Waals surface area contributed by atoms with Crippen LogP contribution < -0.4 is 5.32 Å². The first kappa shape index (κ1) is 17.2. The second kappa shape index (κ2) is 9.12. The second-order valence-corrected chi connectivity index (χ2v) is 6.82. The third-order valence-electron chi connectivity index (χ3n) is 5.23. The molecule has 2 aliphatic rings. The molecule has 2 rings (SSSR count). The summed E-state index contributed by atoms with van der Waals surface area (Å²) >= 11 is 0. The van der Waals surface area contributed by atoms with E-state index in [4.69, 9.17) is 9.47 Å². The summed E-state index contributed by atoms with van der Waals surface area (Å²) in [5, 5.41) is 3.86. The Morgan fingerprint density at radius 2 is 1.90 bits per heavy atom. The normalized spacial score (nSPS) is 28.0. The second-order valence-electron chi connectivity index (χ2n) is 6.82. The van der Waals surface area contributed by atoms with Crippen LogP contribution in [0.4, 0.5) is 0 Å². The number of nitrogens with one attached hydrogen (secondary N) is 1. The molecule has 1 aliphatic heterocycles. The van der Waals surface area contributed by atoms with Crippen molar-refractivity contribution in [2.75, 3.05) is 26.4 Å². The molecule has 1 saturated carbocycles. The third kappa shape index (κ3) is 4.67. The van der Waals surface area contributed by atoms with E-state index in [0.29, 0.717) is 12.0 Å². The van der Waals surface area contributed by atoms with Crippen molar-refractivity contribution in [2.24, 2.45) is 5.92 Å². The van der Waals surface area contributed by atoms with Crippen LogP contribution in [0.15, 0.2) is 0 Å². The highest BCUT2D eigenvalue weighted by Gasteiger charge is 2.43. The van der Waals surface area contributed by atoms with Gasteiger partial charge < -0.3 is 14.8 Å². The number of hydrogen-bond acceptors (Lipinski definition) is 3. The van der Waals surface area contributed by atoms with Crippen molar-refractivity contribution in [1.82, 2.24) is 5.32 Å². The van der Waals surface area contributed by atoms with E-state index >= 15 is 0 Å². The highest BCUT2D eigenvalue weighted by atomic mass is 16.5. The van der Waals surface area contributed by atoms with Gasteiger partial charge in [-0.25, -0.2) is 0 Å². The molecular weight excluding hydrogens is 262 g/mol. The first-order chi connectivity index (χ1) is 10.3. The first-order valence-electron chi connectivity index (χ1n) is 9.27. The van der Waals surface area contributed by atoms with Gasteiger partial charge in [-0.05, 0) is 45.6 Å².